The van der Waals surface area contributed by atoms with Crippen LogP contribution < -0.4 is 0 Å². The lowest BCUT2D eigenvalue weighted by molar-refractivity contribution is -0.144. The molecule has 7 nitrogen and oxygen atoms in total. The van der Waals surface area contributed by atoms with Gasteiger partial charge in [-0.25, -0.2) is 15.0 Å². The van der Waals surface area contributed by atoms with Gasteiger partial charge < -0.3 is 4.98 Å². The summed E-state index contributed by atoms with van der Waals surface area (Å²) in [5.41, 5.74) is 1.11. The molecule has 132 valence electrons. The molecule has 0 radical (unpaired) electrons. The van der Waals surface area contributed by atoms with Gasteiger partial charge in [-0.1, -0.05) is 27.0 Å². The van der Waals surface area contributed by atoms with Gasteiger partial charge in [0.05, 0.1) is 18.2 Å². The summed E-state index contributed by atoms with van der Waals surface area (Å²) < 4.78 is 39.7. The molecule has 3 aromatic rings. The Balaban J connectivity index is 0.00000109. The molecule has 3 aromatic heterocycles. The summed E-state index contributed by atoms with van der Waals surface area (Å²) in [7, 11) is 0. The molecule has 0 saturated heterocycles. The van der Waals surface area contributed by atoms with Gasteiger partial charge in [0.1, 0.15) is 17.2 Å². The van der Waals surface area contributed by atoms with Crippen LogP contribution in [-0.4, -0.2) is 34.7 Å². The number of nitrogens with one attached hydrogen (secondary N) is 2. The number of alkyl halides is 3. The van der Waals surface area contributed by atoms with Crippen LogP contribution in [0.15, 0.2) is 25.7 Å². The Morgan fingerprint density at radius 1 is 1.20 bits per heavy atom. The maximum Gasteiger partial charge on any atom is 0.451 e. The average Bonchev–Trinajstić information content (AvgIpc) is 3.32. The zero-order valence-corrected chi connectivity index (χ0v) is 13.6. The van der Waals surface area contributed by atoms with Gasteiger partial charge >= 0.3 is 6.18 Å². The molecule has 0 saturated carbocycles. The lowest BCUT2D eigenvalue weighted by Crippen LogP contribution is -2.07. The number of imidazole rings is 2. The highest BCUT2D eigenvalue weighted by molar-refractivity contribution is 5.76. The fourth-order valence-electron chi connectivity index (χ4n) is 2.07. The van der Waals surface area contributed by atoms with Crippen molar-refractivity contribution < 1.29 is 13.2 Å². The van der Waals surface area contributed by atoms with Crippen molar-refractivity contribution in [1.29, 1.82) is 0 Å². The van der Waals surface area contributed by atoms with Crippen molar-refractivity contribution in [3.8, 4) is 22.9 Å². The Bertz CT molecular complexity index is 856. The quantitative estimate of drug-likeness (QED) is 0.747. The first-order valence-corrected chi connectivity index (χ1v) is 7.31. The molecule has 2 N–H and O–H groups in total. The maximum atomic E-state index is 12.7. The third-order valence-electron chi connectivity index (χ3n) is 3.02. The number of hydrogen-bond donors (Lipinski definition) is 2. The molecule has 0 spiro atoms. The zero-order chi connectivity index (χ0) is 18.6. The Labute approximate surface area is 141 Å². The van der Waals surface area contributed by atoms with Crippen molar-refractivity contribution in [2.75, 3.05) is 0 Å². The molecule has 25 heavy (non-hydrogen) atoms. The van der Waals surface area contributed by atoms with Crippen LogP contribution in [0.25, 0.3) is 35.2 Å². The number of halogens is 3. The predicted octanol–water partition coefficient (Wildman–Crippen LogP) is 3.85. The molecule has 3 rings (SSSR count). The minimum atomic E-state index is -4.62. The molecule has 0 aromatic carbocycles. The van der Waals surface area contributed by atoms with Crippen molar-refractivity contribution >= 4 is 12.3 Å². The Kier molecular flexibility index (Phi) is 5.20. The summed E-state index contributed by atoms with van der Waals surface area (Å²) in [6, 6.07) is 0. The second kappa shape index (κ2) is 7.16. The molecule has 0 aliphatic carbocycles. The number of aromatic amines is 2. The normalized spacial score (nSPS) is 10.9. The highest BCUT2D eigenvalue weighted by Crippen LogP contribution is 2.32. The molecule has 3 heterocycles. The average molecular weight is 351 g/mol. The number of rotatable bonds is 4. The molecule has 0 unspecified atom stereocenters. The molecule has 0 aliphatic heterocycles. The first kappa shape index (κ1) is 18.2. The molecule has 10 heteroatoms. The van der Waals surface area contributed by atoms with E-state index in [1.807, 2.05) is 18.9 Å². The predicted molar refractivity (Wildman–Crippen MR) is 88.0 cm³/mol. The zero-order valence-electron chi connectivity index (χ0n) is 13.6. The molecular weight excluding hydrogens is 335 g/mol. The molecule has 0 amide bonds. The summed E-state index contributed by atoms with van der Waals surface area (Å²) in [4.78, 5) is 14.5. The Morgan fingerprint density at radius 3 is 2.40 bits per heavy atom. The summed E-state index contributed by atoms with van der Waals surface area (Å²) in [6.45, 7) is 11.3. The molecule has 0 aliphatic rings. The van der Waals surface area contributed by atoms with E-state index < -0.39 is 12.0 Å². The van der Waals surface area contributed by atoms with E-state index in [-0.39, 0.29) is 11.5 Å². The molecule has 0 fully saturated rings. The van der Waals surface area contributed by atoms with Crippen LogP contribution in [0.2, 0.25) is 0 Å². The van der Waals surface area contributed by atoms with Crippen molar-refractivity contribution in [3.63, 3.8) is 0 Å². The monoisotopic (exact) mass is 351 g/mol. The standard InChI is InChI=1S/C13H10F3N7.C2H6/c1-3-8-19-9(11-20-12(22-21-11)13(14,15)16)10(23(8)4-2)7-5-17-6-18-7;1-2/h3-6H,1-2H2,(H,17,18)(H,20,21,22);1-2H3. The van der Waals surface area contributed by atoms with Crippen LogP contribution in [0.1, 0.15) is 25.5 Å². The fraction of sp³-hybridized carbons (Fsp3) is 0.200. The van der Waals surface area contributed by atoms with E-state index in [0.29, 0.717) is 17.2 Å². The van der Waals surface area contributed by atoms with Crippen molar-refractivity contribution in [2.45, 2.75) is 20.0 Å². The number of hydrogen-bond acceptors (Lipinski definition) is 4. The topological polar surface area (TPSA) is 88.1 Å². The van der Waals surface area contributed by atoms with Crippen LogP contribution in [0.3, 0.4) is 0 Å². The van der Waals surface area contributed by atoms with E-state index >= 15 is 0 Å². The van der Waals surface area contributed by atoms with E-state index in [4.69, 9.17) is 0 Å². The molecule has 0 atom stereocenters. The number of aromatic nitrogens is 7. The van der Waals surface area contributed by atoms with Crippen molar-refractivity contribution in [1.82, 2.24) is 34.7 Å². The fourth-order valence-corrected chi connectivity index (χ4v) is 2.07. The minimum absolute atomic E-state index is 0.149. The van der Waals surface area contributed by atoms with E-state index in [2.05, 4.69) is 38.2 Å². The number of H-pyrrole nitrogens is 2. The lowest BCUT2D eigenvalue weighted by atomic mass is 10.2. The van der Waals surface area contributed by atoms with Crippen molar-refractivity contribution in [2.24, 2.45) is 0 Å². The van der Waals surface area contributed by atoms with Crippen LogP contribution >= 0.6 is 0 Å². The highest BCUT2D eigenvalue weighted by Gasteiger charge is 2.36. The first-order chi connectivity index (χ1) is 12.0. The van der Waals surface area contributed by atoms with Gasteiger partial charge in [-0.3, -0.25) is 9.67 Å². The van der Waals surface area contributed by atoms with Crippen LogP contribution in [0, 0.1) is 0 Å². The third kappa shape index (κ3) is 3.37. The van der Waals surface area contributed by atoms with Gasteiger partial charge in [0, 0.05) is 6.20 Å². The third-order valence-corrected chi connectivity index (χ3v) is 3.02. The van der Waals surface area contributed by atoms with Gasteiger partial charge in [-0.2, -0.15) is 18.3 Å². The number of nitrogens with zero attached hydrogens (tertiary/aromatic N) is 5. The van der Waals surface area contributed by atoms with E-state index in [1.54, 1.807) is 4.57 Å². The van der Waals surface area contributed by atoms with Gasteiger partial charge in [0.2, 0.25) is 11.6 Å². The van der Waals surface area contributed by atoms with E-state index in [9.17, 15) is 13.2 Å². The van der Waals surface area contributed by atoms with E-state index in [1.165, 1.54) is 24.8 Å². The second-order valence-corrected chi connectivity index (χ2v) is 4.39. The van der Waals surface area contributed by atoms with Crippen LogP contribution in [-0.2, 0) is 6.18 Å². The van der Waals surface area contributed by atoms with Crippen LogP contribution in [0.5, 0.6) is 0 Å². The maximum absolute atomic E-state index is 12.7. The summed E-state index contributed by atoms with van der Waals surface area (Å²) >= 11 is 0. The van der Waals surface area contributed by atoms with Gasteiger partial charge in [-0.05, 0) is 6.08 Å². The van der Waals surface area contributed by atoms with Crippen LogP contribution in [0.4, 0.5) is 13.2 Å². The largest absolute Gasteiger partial charge is 0.451 e. The van der Waals surface area contributed by atoms with Gasteiger partial charge in [0.15, 0.2) is 0 Å². The second-order valence-electron chi connectivity index (χ2n) is 4.39. The molecular formula is C15H16F3N7. The Hall–Kier alpha value is -3.17. The minimum Gasteiger partial charge on any atom is -0.343 e. The summed E-state index contributed by atoms with van der Waals surface area (Å²) in [5.74, 6) is -1.00. The van der Waals surface area contributed by atoms with Crippen molar-refractivity contribution in [3.05, 3.63) is 37.3 Å². The first-order valence-electron chi connectivity index (χ1n) is 7.31. The van der Waals surface area contributed by atoms with Gasteiger partial charge in [0.25, 0.3) is 0 Å². The Morgan fingerprint density at radius 2 is 1.92 bits per heavy atom. The van der Waals surface area contributed by atoms with E-state index in [0.717, 1.165) is 0 Å². The molecule has 0 bridgehead atoms. The smallest absolute Gasteiger partial charge is 0.343 e. The van der Waals surface area contributed by atoms with Gasteiger partial charge in [-0.15, -0.1) is 0 Å². The highest BCUT2D eigenvalue weighted by atomic mass is 19.4. The SMILES string of the molecule is C=Cc1nc(-c2n[nH]c(C(F)(F)F)n2)c(-c2cnc[nH]2)n1C=C.CC. The summed E-state index contributed by atoms with van der Waals surface area (Å²) in [6.07, 6.45) is 1.22. The lowest BCUT2D eigenvalue weighted by Gasteiger charge is -2.03. The summed E-state index contributed by atoms with van der Waals surface area (Å²) in [5, 5.41) is 5.48.